The molecule has 1 unspecified atom stereocenters. The molecule has 1 aliphatic carbocycles. The van der Waals surface area contributed by atoms with Crippen molar-refractivity contribution in [2.45, 2.75) is 36.5 Å². The van der Waals surface area contributed by atoms with Crippen molar-refractivity contribution < 1.29 is 22.5 Å². The van der Waals surface area contributed by atoms with Crippen LogP contribution in [0.2, 0.25) is 5.02 Å². The molecule has 3 rings (SSSR count). The molecule has 1 aliphatic rings. The van der Waals surface area contributed by atoms with Gasteiger partial charge in [-0.05, 0) is 49.6 Å². The molecule has 0 aromatic heterocycles. The largest absolute Gasteiger partial charge is 0.358 e. The first-order chi connectivity index (χ1) is 14.2. The Balaban J connectivity index is 1.94. The summed E-state index contributed by atoms with van der Waals surface area (Å²) in [5, 5.41) is 26.6. The normalized spacial score (nSPS) is 18.2. The molecule has 0 spiro atoms. The van der Waals surface area contributed by atoms with Crippen molar-refractivity contribution in [3.05, 3.63) is 73.3 Å². The number of non-ortho nitro benzene ring substituents is 1. The molecular weight excluding hydrogens is 438 g/mol. The van der Waals surface area contributed by atoms with E-state index in [0.29, 0.717) is 30.0 Å². The molecule has 0 aliphatic heterocycles. The second-order valence-electron chi connectivity index (χ2n) is 6.62. The number of nitrogens with zero attached hydrogens (tertiary/aromatic N) is 3. The van der Waals surface area contributed by atoms with Crippen molar-refractivity contribution in [1.29, 1.82) is 0 Å². The van der Waals surface area contributed by atoms with Crippen LogP contribution in [0.3, 0.4) is 0 Å². The van der Waals surface area contributed by atoms with Crippen molar-refractivity contribution >= 4 is 38.8 Å². The van der Waals surface area contributed by atoms with Gasteiger partial charge in [0.2, 0.25) is 0 Å². The Bertz CT molecular complexity index is 1120. The lowest BCUT2D eigenvalue weighted by molar-refractivity contribution is -0.394. The third kappa shape index (κ3) is 4.74. The first-order valence-corrected chi connectivity index (χ1v) is 10.7. The monoisotopic (exact) mass is 453 g/mol. The van der Waals surface area contributed by atoms with Crippen molar-refractivity contribution in [3.8, 4) is 0 Å². The average molecular weight is 454 g/mol. The van der Waals surface area contributed by atoms with E-state index in [1.165, 1.54) is 36.4 Å². The molecule has 1 fully saturated rings. The van der Waals surface area contributed by atoms with Gasteiger partial charge >= 0.3 is 10.1 Å². The summed E-state index contributed by atoms with van der Waals surface area (Å²) in [7, 11) is -4.20. The first-order valence-electron chi connectivity index (χ1n) is 8.88. The molecule has 2 aromatic carbocycles. The number of hydrogen-bond acceptors (Lipinski definition) is 8. The van der Waals surface area contributed by atoms with Crippen LogP contribution < -0.4 is 0 Å². The summed E-state index contributed by atoms with van der Waals surface area (Å²) in [6, 6.07) is 8.74. The van der Waals surface area contributed by atoms with Gasteiger partial charge in [0.05, 0.1) is 21.6 Å². The van der Waals surface area contributed by atoms with Crippen LogP contribution in [0.25, 0.3) is 0 Å². The molecule has 0 radical (unpaired) electrons. The van der Waals surface area contributed by atoms with Crippen molar-refractivity contribution in [3.63, 3.8) is 0 Å². The lowest BCUT2D eigenvalue weighted by Crippen LogP contribution is -2.20. The predicted molar refractivity (Wildman–Crippen MR) is 108 cm³/mol. The number of oxime groups is 1. The number of halogens is 1. The van der Waals surface area contributed by atoms with E-state index >= 15 is 0 Å². The molecule has 10 nitrogen and oxygen atoms in total. The Morgan fingerprint density at radius 1 is 1.03 bits per heavy atom. The Morgan fingerprint density at radius 3 is 2.37 bits per heavy atom. The van der Waals surface area contributed by atoms with Crippen LogP contribution in [0.15, 0.2) is 52.5 Å². The summed E-state index contributed by atoms with van der Waals surface area (Å²) < 4.78 is 29.6. The molecule has 30 heavy (non-hydrogen) atoms. The van der Waals surface area contributed by atoms with Gasteiger partial charge in [-0.15, -0.1) is 0 Å². The van der Waals surface area contributed by atoms with Gasteiger partial charge in [0.1, 0.15) is 4.90 Å². The van der Waals surface area contributed by atoms with Crippen LogP contribution in [0.4, 0.5) is 11.4 Å². The lowest BCUT2D eigenvalue weighted by atomic mass is 9.81. The standard InChI is InChI=1S/C18H16ClN3O7S/c19-12-5-8-14(9-6-12)30(27,28)29-20-17-4-2-1-3-15(17)16-10-7-13(21(23)24)11-18(16)22(25)26/h5-11,15H,1-4H2. The van der Waals surface area contributed by atoms with E-state index < -0.39 is 37.3 Å². The Labute approximate surface area is 176 Å². The number of nitro groups is 2. The summed E-state index contributed by atoms with van der Waals surface area (Å²) in [6.45, 7) is 0. The second-order valence-corrected chi connectivity index (χ2v) is 8.59. The molecule has 0 bridgehead atoms. The fourth-order valence-corrected chi connectivity index (χ4v) is 4.15. The van der Waals surface area contributed by atoms with Crippen LogP contribution in [0, 0.1) is 20.2 Å². The van der Waals surface area contributed by atoms with Gasteiger partial charge in [-0.1, -0.05) is 23.2 Å². The number of benzene rings is 2. The summed E-state index contributed by atoms with van der Waals surface area (Å²) in [4.78, 5) is 20.9. The van der Waals surface area contributed by atoms with Crippen molar-refractivity contribution in [2.24, 2.45) is 5.16 Å². The molecule has 158 valence electrons. The third-order valence-corrected chi connectivity index (χ3v) is 6.10. The summed E-state index contributed by atoms with van der Waals surface area (Å²) >= 11 is 5.76. The fourth-order valence-electron chi connectivity index (χ4n) is 3.28. The van der Waals surface area contributed by atoms with Crippen LogP contribution in [-0.2, 0) is 14.4 Å². The van der Waals surface area contributed by atoms with Gasteiger partial charge in [0.15, 0.2) is 0 Å². The molecule has 0 amide bonds. The van der Waals surface area contributed by atoms with Gasteiger partial charge in [-0.3, -0.25) is 24.5 Å². The smallest absolute Gasteiger partial charge is 0.265 e. The molecule has 0 heterocycles. The topological polar surface area (TPSA) is 142 Å². The van der Waals surface area contributed by atoms with Crippen LogP contribution >= 0.6 is 11.6 Å². The minimum absolute atomic E-state index is 0.134. The van der Waals surface area contributed by atoms with E-state index in [4.69, 9.17) is 15.9 Å². The maximum Gasteiger partial charge on any atom is 0.358 e. The van der Waals surface area contributed by atoms with E-state index in [1.807, 2.05) is 0 Å². The average Bonchev–Trinajstić information content (AvgIpc) is 2.72. The molecule has 2 aromatic rings. The molecule has 1 saturated carbocycles. The molecule has 1 atom stereocenters. The Hall–Kier alpha value is -3.05. The van der Waals surface area contributed by atoms with E-state index in [-0.39, 0.29) is 10.5 Å². The quantitative estimate of drug-likeness (QED) is 0.460. The van der Waals surface area contributed by atoms with Crippen molar-refractivity contribution in [1.82, 2.24) is 0 Å². The number of hydrogen-bond donors (Lipinski definition) is 0. The maximum absolute atomic E-state index is 12.4. The fraction of sp³-hybridized carbons (Fsp3) is 0.278. The zero-order valence-electron chi connectivity index (χ0n) is 15.4. The molecular formula is C18H16ClN3O7S. The van der Waals surface area contributed by atoms with Gasteiger partial charge < -0.3 is 0 Å². The third-order valence-electron chi connectivity index (χ3n) is 4.73. The highest BCUT2D eigenvalue weighted by molar-refractivity contribution is 7.86. The van der Waals surface area contributed by atoms with Gasteiger partial charge in [0, 0.05) is 22.6 Å². The SMILES string of the molecule is O=[N+]([O-])c1ccc(C2CCCCC2=NOS(=O)(=O)c2ccc(Cl)cc2)c([N+](=O)[O-])c1. The van der Waals surface area contributed by atoms with Gasteiger partial charge in [-0.2, -0.15) is 8.42 Å². The molecule has 12 heteroatoms. The van der Waals surface area contributed by atoms with E-state index in [0.717, 1.165) is 12.5 Å². The Kier molecular flexibility index (Phi) is 6.32. The maximum atomic E-state index is 12.4. The van der Waals surface area contributed by atoms with Crippen LogP contribution in [0.5, 0.6) is 0 Å². The zero-order valence-corrected chi connectivity index (χ0v) is 17.0. The summed E-state index contributed by atoms with van der Waals surface area (Å²) in [6.07, 6.45) is 2.30. The highest BCUT2D eigenvalue weighted by Gasteiger charge is 2.31. The van der Waals surface area contributed by atoms with Gasteiger partial charge in [-0.25, -0.2) is 0 Å². The minimum Gasteiger partial charge on any atom is -0.265 e. The lowest BCUT2D eigenvalue weighted by Gasteiger charge is -2.23. The molecule has 0 saturated heterocycles. The summed E-state index contributed by atoms with van der Waals surface area (Å²) in [5.41, 5.74) is -0.252. The zero-order chi connectivity index (χ0) is 21.9. The highest BCUT2D eigenvalue weighted by Crippen LogP contribution is 2.38. The number of nitro benzene ring substituents is 2. The predicted octanol–water partition coefficient (Wildman–Crippen LogP) is 4.58. The number of rotatable bonds is 6. The second kappa shape index (κ2) is 8.76. The van der Waals surface area contributed by atoms with Gasteiger partial charge in [0.25, 0.3) is 11.4 Å². The van der Waals surface area contributed by atoms with Crippen LogP contribution in [-0.4, -0.2) is 24.0 Å². The summed E-state index contributed by atoms with van der Waals surface area (Å²) in [5.74, 6) is -0.583. The first kappa shape index (κ1) is 21.7. The van der Waals surface area contributed by atoms with E-state index in [1.54, 1.807) is 0 Å². The van der Waals surface area contributed by atoms with Crippen molar-refractivity contribution in [2.75, 3.05) is 0 Å². The Morgan fingerprint density at radius 2 is 1.73 bits per heavy atom. The highest BCUT2D eigenvalue weighted by atomic mass is 35.5. The minimum atomic E-state index is -4.20. The molecule has 0 N–H and O–H groups in total. The van der Waals surface area contributed by atoms with E-state index in [2.05, 4.69) is 5.16 Å². The van der Waals surface area contributed by atoms with E-state index in [9.17, 15) is 28.6 Å². The van der Waals surface area contributed by atoms with Crippen LogP contribution in [0.1, 0.15) is 37.2 Å².